The molecule has 1 fully saturated rings. The second kappa shape index (κ2) is 5.83. The van der Waals surface area contributed by atoms with Crippen LogP contribution in [-0.2, 0) is 11.2 Å². The van der Waals surface area contributed by atoms with Crippen LogP contribution in [0.25, 0.3) is 11.0 Å². The first-order valence-corrected chi connectivity index (χ1v) is 7.43. The van der Waals surface area contributed by atoms with Crippen LogP contribution < -0.4 is 5.32 Å². The van der Waals surface area contributed by atoms with Gasteiger partial charge in [0, 0.05) is 16.8 Å². The van der Waals surface area contributed by atoms with Gasteiger partial charge in [-0.25, -0.2) is 0 Å². The van der Waals surface area contributed by atoms with Gasteiger partial charge in [-0.1, -0.05) is 17.3 Å². The van der Waals surface area contributed by atoms with Gasteiger partial charge in [0.1, 0.15) is 5.69 Å². The summed E-state index contributed by atoms with van der Waals surface area (Å²) < 4.78 is 5.21. The van der Waals surface area contributed by atoms with Gasteiger partial charge in [0.25, 0.3) is 0 Å². The van der Waals surface area contributed by atoms with Crippen LogP contribution in [-0.4, -0.2) is 22.5 Å². The van der Waals surface area contributed by atoms with Crippen molar-refractivity contribution in [2.75, 3.05) is 0 Å². The third-order valence-corrected chi connectivity index (χ3v) is 4.24. The second-order valence-corrected chi connectivity index (χ2v) is 5.94. The van der Waals surface area contributed by atoms with E-state index < -0.39 is 0 Å². The topological polar surface area (TPSA) is 55.1 Å². The second-order valence-electron chi connectivity index (χ2n) is 5.32. The predicted octanol–water partition coefficient (Wildman–Crippen LogP) is 3.04. The summed E-state index contributed by atoms with van der Waals surface area (Å²) in [6.07, 6.45) is 4.12. The number of rotatable bonds is 3. The minimum absolute atomic E-state index is 0.00192. The molecule has 0 radical (unpaired) electrons. The zero-order valence-corrected chi connectivity index (χ0v) is 11.9. The average molecular weight is 293 g/mol. The highest BCUT2D eigenvalue weighted by Crippen LogP contribution is 2.23. The standard InChI is InChI=1S/C15H17ClN2O2/c16-10-5-7-11(8-6-10)17-15(19)9-13-12-3-1-2-4-14(12)20-18-13/h1-4,10-11H,5-9H2,(H,17,19). The van der Waals surface area contributed by atoms with Crippen molar-refractivity contribution < 1.29 is 9.32 Å². The van der Waals surface area contributed by atoms with Gasteiger partial charge in [-0.15, -0.1) is 11.6 Å². The SMILES string of the molecule is O=C(Cc1noc2ccccc12)NC1CCC(Cl)CC1. The molecule has 1 heterocycles. The largest absolute Gasteiger partial charge is 0.356 e. The number of para-hydroxylation sites is 1. The molecule has 1 N–H and O–H groups in total. The number of hydrogen-bond acceptors (Lipinski definition) is 3. The summed E-state index contributed by atoms with van der Waals surface area (Å²) in [5, 5.41) is 8.22. The van der Waals surface area contributed by atoms with Crippen LogP contribution >= 0.6 is 11.6 Å². The Balaban J connectivity index is 1.61. The van der Waals surface area contributed by atoms with Crippen molar-refractivity contribution in [2.45, 2.75) is 43.5 Å². The van der Waals surface area contributed by atoms with E-state index in [0.717, 1.165) is 36.7 Å². The Morgan fingerprint density at radius 1 is 1.30 bits per heavy atom. The van der Waals surface area contributed by atoms with Crippen molar-refractivity contribution in [1.82, 2.24) is 10.5 Å². The van der Waals surface area contributed by atoms with Crippen LogP contribution in [0.4, 0.5) is 0 Å². The third-order valence-electron chi connectivity index (χ3n) is 3.80. The molecule has 0 saturated heterocycles. The molecule has 0 unspecified atom stereocenters. The minimum Gasteiger partial charge on any atom is -0.356 e. The number of benzene rings is 1. The van der Waals surface area contributed by atoms with Crippen molar-refractivity contribution in [3.63, 3.8) is 0 Å². The van der Waals surface area contributed by atoms with E-state index in [2.05, 4.69) is 10.5 Å². The van der Waals surface area contributed by atoms with Gasteiger partial charge in [-0.2, -0.15) is 0 Å². The van der Waals surface area contributed by atoms with Crippen LogP contribution in [0.3, 0.4) is 0 Å². The molecular formula is C15H17ClN2O2. The fraction of sp³-hybridized carbons (Fsp3) is 0.467. The van der Waals surface area contributed by atoms with Gasteiger partial charge in [0.05, 0.1) is 6.42 Å². The normalized spacial score (nSPS) is 22.9. The Bertz CT molecular complexity index is 603. The van der Waals surface area contributed by atoms with E-state index >= 15 is 0 Å². The molecule has 0 aliphatic heterocycles. The molecule has 4 nitrogen and oxygen atoms in total. The van der Waals surface area contributed by atoms with Crippen molar-refractivity contribution in [3.05, 3.63) is 30.0 Å². The van der Waals surface area contributed by atoms with Gasteiger partial charge in [0.15, 0.2) is 5.58 Å². The van der Waals surface area contributed by atoms with E-state index in [1.165, 1.54) is 0 Å². The summed E-state index contributed by atoms with van der Waals surface area (Å²) in [4.78, 5) is 12.1. The molecule has 1 aromatic heterocycles. The molecule has 2 aromatic rings. The number of carbonyl (C=O) groups is 1. The average Bonchev–Trinajstić information content (AvgIpc) is 2.85. The van der Waals surface area contributed by atoms with E-state index in [-0.39, 0.29) is 23.7 Å². The zero-order chi connectivity index (χ0) is 13.9. The summed E-state index contributed by atoms with van der Waals surface area (Å²) in [6, 6.07) is 7.83. The molecular weight excluding hydrogens is 276 g/mol. The molecule has 1 saturated carbocycles. The summed E-state index contributed by atoms with van der Waals surface area (Å²) in [6.45, 7) is 0. The maximum Gasteiger partial charge on any atom is 0.226 e. The Labute approximate surface area is 122 Å². The summed E-state index contributed by atoms with van der Waals surface area (Å²) >= 11 is 6.06. The summed E-state index contributed by atoms with van der Waals surface area (Å²) in [5.41, 5.74) is 1.42. The van der Waals surface area contributed by atoms with Crippen LogP contribution in [0.15, 0.2) is 28.8 Å². The Morgan fingerprint density at radius 3 is 2.85 bits per heavy atom. The number of fused-ring (bicyclic) bond motifs is 1. The molecule has 1 amide bonds. The smallest absolute Gasteiger partial charge is 0.226 e. The first-order chi connectivity index (χ1) is 9.72. The number of aromatic nitrogens is 1. The van der Waals surface area contributed by atoms with Crippen LogP contribution in [0, 0.1) is 0 Å². The van der Waals surface area contributed by atoms with Crippen molar-refractivity contribution in [3.8, 4) is 0 Å². The number of alkyl halides is 1. The van der Waals surface area contributed by atoms with E-state index in [0.29, 0.717) is 5.69 Å². The first kappa shape index (κ1) is 13.4. The minimum atomic E-state index is 0.00192. The van der Waals surface area contributed by atoms with Crippen LogP contribution in [0.1, 0.15) is 31.4 Å². The molecule has 0 spiro atoms. The van der Waals surface area contributed by atoms with E-state index in [9.17, 15) is 4.79 Å². The Kier molecular flexibility index (Phi) is 3.92. The monoisotopic (exact) mass is 292 g/mol. The lowest BCUT2D eigenvalue weighted by atomic mass is 9.95. The van der Waals surface area contributed by atoms with Crippen molar-refractivity contribution in [2.24, 2.45) is 0 Å². The van der Waals surface area contributed by atoms with Gasteiger partial charge < -0.3 is 9.84 Å². The molecule has 1 aliphatic carbocycles. The lowest BCUT2D eigenvalue weighted by Gasteiger charge is -2.25. The molecule has 3 rings (SSSR count). The highest BCUT2D eigenvalue weighted by molar-refractivity contribution is 6.20. The molecule has 1 aliphatic rings. The maximum atomic E-state index is 12.1. The predicted molar refractivity (Wildman–Crippen MR) is 77.8 cm³/mol. The van der Waals surface area contributed by atoms with E-state index in [4.69, 9.17) is 16.1 Å². The molecule has 0 bridgehead atoms. The number of hydrogen-bond donors (Lipinski definition) is 1. The number of halogens is 1. The van der Waals surface area contributed by atoms with E-state index in [1.54, 1.807) is 0 Å². The Hall–Kier alpha value is -1.55. The first-order valence-electron chi connectivity index (χ1n) is 6.99. The number of carbonyl (C=O) groups excluding carboxylic acids is 1. The third kappa shape index (κ3) is 2.96. The lowest BCUT2D eigenvalue weighted by molar-refractivity contribution is -0.121. The molecule has 106 valence electrons. The van der Waals surface area contributed by atoms with Crippen LogP contribution in [0.2, 0.25) is 0 Å². The number of nitrogens with one attached hydrogen (secondary N) is 1. The maximum absolute atomic E-state index is 12.1. The molecule has 5 heteroatoms. The fourth-order valence-corrected chi connectivity index (χ4v) is 2.95. The highest BCUT2D eigenvalue weighted by Gasteiger charge is 2.21. The number of amides is 1. The fourth-order valence-electron chi connectivity index (χ4n) is 2.69. The Morgan fingerprint density at radius 2 is 2.05 bits per heavy atom. The molecule has 0 atom stereocenters. The zero-order valence-electron chi connectivity index (χ0n) is 11.1. The van der Waals surface area contributed by atoms with Crippen LogP contribution in [0.5, 0.6) is 0 Å². The quantitative estimate of drug-likeness (QED) is 0.885. The van der Waals surface area contributed by atoms with Crippen molar-refractivity contribution in [1.29, 1.82) is 0 Å². The van der Waals surface area contributed by atoms with Gasteiger partial charge >= 0.3 is 0 Å². The lowest BCUT2D eigenvalue weighted by Crippen LogP contribution is -2.38. The van der Waals surface area contributed by atoms with Gasteiger partial charge in [-0.05, 0) is 37.8 Å². The van der Waals surface area contributed by atoms with Gasteiger partial charge in [0.2, 0.25) is 5.91 Å². The molecule has 1 aromatic carbocycles. The summed E-state index contributed by atoms with van der Waals surface area (Å²) in [7, 11) is 0. The summed E-state index contributed by atoms with van der Waals surface area (Å²) in [5.74, 6) is 0.00192. The highest BCUT2D eigenvalue weighted by atomic mass is 35.5. The molecule has 20 heavy (non-hydrogen) atoms. The van der Waals surface area contributed by atoms with Gasteiger partial charge in [-0.3, -0.25) is 4.79 Å². The van der Waals surface area contributed by atoms with E-state index in [1.807, 2.05) is 24.3 Å². The van der Waals surface area contributed by atoms with Crippen molar-refractivity contribution >= 4 is 28.5 Å². The number of nitrogens with zero attached hydrogens (tertiary/aromatic N) is 1.